The van der Waals surface area contributed by atoms with Crippen LogP contribution in [0, 0.1) is 5.92 Å². The van der Waals surface area contributed by atoms with Crippen molar-refractivity contribution in [1.29, 1.82) is 0 Å². The Morgan fingerprint density at radius 1 is 1.23 bits per heavy atom. The number of amides is 2. The third kappa shape index (κ3) is 4.23. The molecule has 2 aromatic carbocycles. The van der Waals surface area contributed by atoms with Gasteiger partial charge in [0.2, 0.25) is 11.8 Å². The van der Waals surface area contributed by atoms with Crippen LogP contribution in [0.1, 0.15) is 17.5 Å². The summed E-state index contributed by atoms with van der Waals surface area (Å²) in [5, 5.41) is 3.51. The van der Waals surface area contributed by atoms with E-state index in [4.69, 9.17) is 16.3 Å². The zero-order valence-corrected chi connectivity index (χ0v) is 15.3. The van der Waals surface area contributed by atoms with Crippen LogP contribution in [0.4, 0.5) is 5.69 Å². The minimum atomic E-state index is -0.365. The van der Waals surface area contributed by atoms with E-state index in [1.165, 1.54) is 0 Å². The molecule has 0 bridgehead atoms. The van der Waals surface area contributed by atoms with Crippen LogP contribution in [0.5, 0.6) is 0 Å². The second kappa shape index (κ2) is 8.34. The van der Waals surface area contributed by atoms with Gasteiger partial charge < -0.3 is 15.0 Å². The number of methoxy groups -OCH3 is 1. The SMILES string of the molecule is COCc1ccccc1CNC(=O)C1CC(=O)N(c2cccc(Cl)c2)C1. The smallest absolute Gasteiger partial charge is 0.227 e. The molecule has 0 spiro atoms. The second-order valence-electron chi connectivity index (χ2n) is 6.30. The molecule has 26 heavy (non-hydrogen) atoms. The lowest BCUT2D eigenvalue weighted by molar-refractivity contribution is -0.126. The molecule has 1 N–H and O–H groups in total. The van der Waals surface area contributed by atoms with Crippen molar-refractivity contribution < 1.29 is 14.3 Å². The van der Waals surface area contributed by atoms with Crippen molar-refractivity contribution in [3.63, 3.8) is 0 Å². The van der Waals surface area contributed by atoms with E-state index < -0.39 is 0 Å². The predicted octanol–water partition coefficient (Wildman–Crippen LogP) is 3.16. The van der Waals surface area contributed by atoms with Crippen LogP contribution in [0.25, 0.3) is 0 Å². The number of anilines is 1. The lowest BCUT2D eigenvalue weighted by Gasteiger charge is -2.17. The highest BCUT2D eigenvalue weighted by Gasteiger charge is 2.35. The molecule has 1 aliphatic rings. The molecule has 2 amide bonds. The lowest BCUT2D eigenvalue weighted by Crippen LogP contribution is -2.32. The monoisotopic (exact) mass is 372 g/mol. The van der Waals surface area contributed by atoms with Gasteiger partial charge in [0.1, 0.15) is 0 Å². The Morgan fingerprint density at radius 3 is 2.73 bits per heavy atom. The first-order chi connectivity index (χ1) is 12.6. The fourth-order valence-electron chi connectivity index (χ4n) is 3.13. The number of nitrogens with one attached hydrogen (secondary N) is 1. The summed E-state index contributed by atoms with van der Waals surface area (Å²) in [6.45, 7) is 1.28. The minimum absolute atomic E-state index is 0.0628. The van der Waals surface area contributed by atoms with E-state index in [9.17, 15) is 9.59 Å². The van der Waals surface area contributed by atoms with Crippen LogP contribution >= 0.6 is 11.6 Å². The summed E-state index contributed by atoms with van der Waals surface area (Å²) >= 11 is 6.00. The summed E-state index contributed by atoms with van der Waals surface area (Å²) in [7, 11) is 1.64. The highest BCUT2D eigenvalue weighted by atomic mass is 35.5. The molecule has 1 aliphatic heterocycles. The van der Waals surface area contributed by atoms with Crippen LogP contribution in [0.15, 0.2) is 48.5 Å². The van der Waals surface area contributed by atoms with Crippen molar-refractivity contribution in [2.24, 2.45) is 5.92 Å². The van der Waals surface area contributed by atoms with E-state index in [0.29, 0.717) is 24.7 Å². The van der Waals surface area contributed by atoms with E-state index in [2.05, 4.69) is 5.32 Å². The summed E-state index contributed by atoms with van der Waals surface area (Å²) in [5.41, 5.74) is 2.78. The Bertz CT molecular complexity index is 809. The first-order valence-corrected chi connectivity index (χ1v) is 8.85. The minimum Gasteiger partial charge on any atom is -0.380 e. The van der Waals surface area contributed by atoms with Gasteiger partial charge >= 0.3 is 0 Å². The first-order valence-electron chi connectivity index (χ1n) is 8.48. The van der Waals surface area contributed by atoms with E-state index in [-0.39, 0.29) is 24.2 Å². The molecule has 6 heteroatoms. The van der Waals surface area contributed by atoms with Gasteiger partial charge in [0.05, 0.1) is 12.5 Å². The number of benzene rings is 2. The molecule has 0 saturated carbocycles. The molecule has 3 rings (SSSR count). The zero-order valence-electron chi connectivity index (χ0n) is 14.6. The van der Waals surface area contributed by atoms with E-state index in [0.717, 1.165) is 16.8 Å². The Balaban J connectivity index is 1.62. The van der Waals surface area contributed by atoms with Gasteiger partial charge in [-0.1, -0.05) is 41.9 Å². The average molecular weight is 373 g/mol. The maximum absolute atomic E-state index is 12.5. The molecule has 0 aromatic heterocycles. The van der Waals surface area contributed by atoms with Crippen LogP contribution < -0.4 is 10.2 Å². The van der Waals surface area contributed by atoms with Gasteiger partial charge in [-0.15, -0.1) is 0 Å². The molecule has 1 saturated heterocycles. The molecule has 1 atom stereocenters. The molecule has 1 unspecified atom stereocenters. The Labute approximate surface area is 157 Å². The van der Waals surface area contributed by atoms with Crippen LogP contribution in [-0.2, 0) is 27.5 Å². The zero-order chi connectivity index (χ0) is 18.5. The van der Waals surface area contributed by atoms with Crippen molar-refractivity contribution in [1.82, 2.24) is 5.32 Å². The van der Waals surface area contributed by atoms with Crippen LogP contribution in [0.2, 0.25) is 5.02 Å². The summed E-state index contributed by atoms with van der Waals surface area (Å²) in [5.74, 6) is -0.543. The fourth-order valence-corrected chi connectivity index (χ4v) is 3.31. The van der Waals surface area contributed by atoms with E-state index in [1.807, 2.05) is 30.3 Å². The maximum atomic E-state index is 12.5. The van der Waals surface area contributed by atoms with Crippen LogP contribution in [0.3, 0.4) is 0 Å². The molecule has 136 valence electrons. The number of ether oxygens (including phenoxy) is 1. The lowest BCUT2D eigenvalue weighted by atomic mass is 10.1. The maximum Gasteiger partial charge on any atom is 0.227 e. The quantitative estimate of drug-likeness (QED) is 0.847. The van der Waals surface area contributed by atoms with Gasteiger partial charge in [-0.2, -0.15) is 0 Å². The Hall–Kier alpha value is -2.37. The van der Waals surface area contributed by atoms with Crippen molar-refractivity contribution in [2.45, 2.75) is 19.6 Å². The molecule has 1 fully saturated rings. The number of carbonyl (C=O) groups excluding carboxylic acids is 2. The number of nitrogens with zero attached hydrogens (tertiary/aromatic N) is 1. The summed E-state index contributed by atoms with van der Waals surface area (Å²) in [4.78, 5) is 26.5. The number of rotatable bonds is 6. The highest BCUT2D eigenvalue weighted by molar-refractivity contribution is 6.31. The van der Waals surface area contributed by atoms with Gasteiger partial charge in [0.25, 0.3) is 0 Å². The summed E-state index contributed by atoms with van der Waals surface area (Å²) < 4.78 is 5.19. The van der Waals surface area contributed by atoms with Gasteiger partial charge in [0, 0.05) is 37.3 Å². The van der Waals surface area contributed by atoms with Crippen molar-refractivity contribution in [3.05, 3.63) is 64.7 Å². The van der Waals surface area contributed by atoms with Crippen molar-refractivity contribution in [2.75, 3.05) is 18.6 Å². The average Bonchev–Trinajstić information content (AvgIpc) is 3.03. The van der Waals surface area contributed by atoms with Gasteiger partial charge in [0.15, 0.2) is 0 Å². The molecule has 2 aromatic rings. The van der Waals surface area contributed by atoms with Gasteiger partial charge in [-0.25, -0.2) is 0 Å². The van der Waals surface area contributed by atoms with E-state index in [1.54, 1.807) is 30.2 Å². The number of hydrogen-bond donors (Lipinski definition) is 1. The van der Waals surface area contributed by atoms with Crippen LogP contribution in [-0.4, -0.2) is 25.5 Å². The second-order valence-corrected chi connectivity index (χ2v) is 6.74. The van der Waals surface area contributed by atoms with Gasteiger partial charge in [-0.3, -0.25) is 9.59 Å². The third-order valence-corrected chi connectivity index (χ3v) is 4.72. The number of halogens is 1. The molecular formula is C20H21ClN2O3. The topological polar surface area (TPSA) is 58.6 Å². The predicted molar refractivity (Wildman–Crippen MR) is 101 cm³/mol. The van der Waals surface area contributed by atoms with E-state index >= 15 is 0 Å². The van der Waals surface area contributed by atoms with Crippen molar-refractivity contribution >= 4 is 29.1 Å². The number of hydrogen-bond acceptors (Lipinski definition) is 3. The summed E-state index contributed by atoms with van der Waals surface area (Å²) in [6.07, 6.45) is 0.206. The molecular weight excluding hydrogens is 352 g/mol. The largest absolute Gasteiger partial charge is 0.380 e. The van der Waals surface area contributed by atoms with Crippen molar-refractivity contribution in [3.8, 4) is 0 Å². The molecule has 5 nitrogen and oxygen atoms in total. The molecule has 0 radical (unpaired) electrons. The number of carbonyl (C=O) groups is 2. The highest BCUT2D eigenvalue weighted by Crippen LogP contribution is 2.27. The molecule has 0 aliphatic carbocycles. The normalized spacial score (nSPS) is 16.8. The standard InChI is InChI=1S/C20H21ClN2O3/c1-26-13-15-6-3-2-5-14(15)11-22-20(25)16-9-19(24)23(12-16)18-8-4-7-17(21)10-18/h2-8,10,16H,9,11-13H2,1H3,(H,22,25). The first kappa shape index (κ1) is 18.4. The molecule has 1 heterocycles. The fraction of sp³-hybridized carbons (Fsp3) is 0.300. The van der Waals surface area contributed by atoms with Gasteiger partial charge in [-0.05, 0) is 29.3 Å². The summed E-state index contributed by atoms with van der Waals surface area (Å²) in [6, 6.07) is 14.9. The third-order valence-electron chi connectivity index (χ3n) is 4.49. The Morgan fingerprint density at radius 2 is 2.00 bits per heavy atom. The Kier molecular flexibility index (Phi) is 5.91.